The van der Waals surface area contributed by atoms with E-state index in [0.717, 1.165) is 49.3 Å². The van der Waals surface area contributed by atoms with Crippen LogP contribution in [0.15, 0.2) is 30.3 Å². The van der Waals surface area contributed by atoms with Gasteiger partial charge in [0.2, 0.25) is 0 Å². The minimum Gasteiger partial charge on any atom is -0.494 e. The van der Waals surface area contributed by atoms with Crippen molar-refractivity contribution in [1.82, 2.24) is 0 Å². The molecule has 24 heavy (non-hydrogen) atoms. The highest BCUT2D eigenvalue weighted by molar-refractivity contribution is 9.09. The second-order valence-corrected chi connectivity index (χ2v) is 6.87. The maximum atomic E-state index is 5.95. The molecule has 0 heterocycles. The van der Waals surface area contributed by atoms with Gasteiger partial charge in [-0.2, -0.15) is 0 Å². The molecule has 0 aliphatic heterocycles. The van der Waals surface area contributed by atoms with Crippen molar-refractivity contribution in [3.05, 3.63) is 35.9 Å². The highest BCUT2D eigenvalue weighted by atomic mass is 79.9. The maximum absolute atomic E-state index is 5.95. The van der Waals surface area contributed by atoms with Crippen LogP contribution < -0.4 is 9.47 Å². The minimum atomic E-state index is 0.753. The average Bonchev–Trinajstić information content (AvgIpc) is 2.61. The monoisotopic (exact) mass is 392 g/mol. The first-order chi connectivity index (χ1) is 11.8. The van der Waals surface area contributed by atoms with Crippen LogP contribution in [-0.2, 0) is 6.42 Å². The number of fused-ring (bicyclic) bond motifs is 1. The largest absolute Gasteiger partial charge is 0.494 e. The van der Waals surface area contributed by atoms with E-state index < -0.39 is 0 Å². The van der Waals surface area contributed by atoms with Gasteiger partial charge in [0.1, 0.15) is 11.5 Å². The van der Waals surface area contributed by atoms with Crippen LogP contribution in [0.5, 0.6) is 11.5 Å². The molecule has 0 amide bonds. The van der Waals surface area contributed by atoms with Crippen molar-refractivity contribution in [3.63, 3.8) is 0 Å². The Balaban J connectivity index is 2.08. The number of benzene rings is 2. The van der Waals surface area contributed by atoms with E-state index in [1.807, 2.05) is 0 Å². The van der Waals surface area contributed by atoms with Crippen LogP contribution in [0, 0.1) is 0 Å². The van der Waals surface area contributed by atoms with Crippen molar-refractivity contribution in [1.29, 1.82) is 0 Å². The smallest absolute Gasteiger partial charge is 0.123 e. The summed E-state index contributed by atoms with van der Waals surface area (Å²) in [5, 5.41) is 3.47. The Kier molecular flexibility index (Phi) is 8.44. The highest BCUT2D eigenvalue weighted by Gasteiger charge is 2.08. The zero-order chi connectivity index (χ0) is 17.2. The van der Waals surface area contributed by atoms with E-state index in [1.54, 1.807) is 0 Å². The lowest BCUT2D eigenvalue weighted by molar-refractivity contribution is 0.305. The number of hydrogen-bond acceptors (Lipinski definition) is 2. The zero-order valence-electron chi connectivity index (χ0n) is 14.9. The van der Waals surface area contributed by atoms with Gasteiger partial charge in [0.15, 0.2) is 0 Å². The Labute approximate surface area is 154 Å². The van der Waals surface area contributed by atoms with E-state index in [-0.39, 0.29) is 0 Å². The van der Waals surface area contributed by atoms with Gasteiger partial charge in [0, 0.05) is 10.9 Å². The lowest BCUT2D eigenvalue weighted by atomic mass is 10.0. The quantitative estimate of drug-likeness (QED) is 0.319. The average molecular weight is 393 g/mol. The van der Waals surface area contributed by atoms with Crippen LogP contribution in [0.3, 0.4) is 0 Å². The van der Waals surface area contributed by atoms with Crippen LogP contribution in [0.4, 0.5) is 0 Å². The van der Waals surface area contributed by atoms with E-state index in [0.29, 0.717) is 0 Å². The highest BCUT2D eigenvalue weighted by Crippen LogP contribution is 2.31. The summed E-state index contributed by atoms with van der Waals surface area (Å²) in [5.41, 5.74) is 1.29. The van der Waals surface area contributed by atoms with Crippen molar-refractivity contribution in [3.8, 4) is 11.5 Å². The molecule has 0 radical (unpaired) electrons. The maximum Gasteiger partial charge on any atom is 0.123 e. The molecule has 0 unspecified atom stereocenters. The molecule has 0 aliphatic carbocycles. The van der Waals surface area contributed by atoms with Crippen LogP contribution in [-0.4, -0.2) is 18.5 Å². The first-order valence-corrected chi connectivity index (χ1v) is 10.3. The Morgan fingerprint density at radius 2 is 1.71 bits per heavy atom. The van der Waals surface area contributed by atoms with Gasteiger partial charge in [0.25, 0.3) is 0 Å². The van der Waals surface area contributed by atoms with E-state index in [9.17, 15) is 0 Å². The van der Waals surface area contributed by atoms with Crippen LogP contribution in [0.2, 0.25) is 0 Å². The van der Waals surface area contributed by atoms with Crippen molar-refractivity contribution in [2.75, 3.05) is 18.5 Å². The molecule has 0 saturated heterocycles. The second kappa shape index (κ2) is 10.6. The zero-order valence-corrected chi connectivity index (χ0v) is 16.5. The van der Waals surface area contributed by atoms with Gasteiger partial charge >= 0.3 is 0 Å². The number of ether oxygens (including phenoxy) is 2. The van der Waals surface area contributed by atoms with Crippen molar-refractivity contribution >= 4 is 26.7 Å². The topological polar surface area (TPSA) is 18.5 Å². The minimum absolute atomic E-state index is 0.753. The molecular weight excluding hydrogens is 364 g/mol. The SMILES string of the molecule is CCCCCCOc1ccc2c(CC)c(OCCCBr)ccc2c1. The van der Waals surface area contributed by atoms with Gasteiger partial charge in [0.05, 0.1) is 13.2 Å². The molecule has 132 valence electrons. The number of halogens is 1. The molecule has 0 saturated carbocycles. The number of alkyl halides is 1. The number of rotatable bonds is 11. The van der Waals surface area contributed by atoms with Crippen molar-refractivity contribution in [2.45, 2.75) is 52.4 Å². The summed E-state index contributed by atoms with van der Waals surface area (Å²) >= 11 is 3.45. The summed E-state index contributed by atoms with van der Waals surface area (Å²) in [5.74, 6) is 1.98. The predicted octanol–water partition coefficient (Wildman–Crippen LogP) is 6.53. The van der Waals surface area contributed by atoms with E-state index in [2.05, 4.69) is 60.1 Å². The summed E-state index contributed by atoms with van der Waals surface area (Å²) in [4.78, 5) is 0. The number of hydrogen-bond donors (Lipinski definition) is 0. The Morgan fingerprint density at radius 3 is 2.46 bits per heavy atom. The molecular formula is C21H29BrO2. The van der Waals surface area contributed by atoms with E-state index in [4.69, 9.17) is 9.47 Å². The fourth-order valence-corrected chi connectivity index (χ4v) is 3.13. The summed E-state index contributed by atoms with van der Waals surface area (Å²) in [7, 11) is 0. The summed E-state index contributed by atoms with van der Waals surface area (Å²) in [6, 6.07) is 10.6. The third kappa shape index (κ3) is 5.41. The van der Waals surface area contributed by atoms with E-state index in [1.165, 1.54) is 35.6 Å². The molecule has 0 spiro atoms. The molecule has 2 aromatic carbocycles. The molecule has 0 N–H and O–H groups in total. The van der Waals surface area contributed by atoms with Crippen LogP contribution in [0.1, 0.15) is 51.5 Å². The van der Waals surface area contributed by atoms with Gasteiger partial charge in [-0.3, -0.25) is 0 Å². The molecule has 0 aliphatic rings. The molecule has 3 heteroatoms. The van der Waals surface area contributed by atoms with Crippen molar-refractivity contribution < 1.29 is 9.47 Å². The fourth-order valence-electron chi connectivity index (χ4n) is 2.90. The van der Waals surface area contributed by atoms with Gasteiger partial charge in [-0.05, 0) is 48.2 Å². The van der Waals surface area contributed by atoms with Crippen LogP contribution in [0.25, 0.3) is 10.8 Å². The molecule has 0 aromatic heterocycles. The Morgan fingerprint density at radius 1 is 0.875 bits per heavy atom. The third-order valence-electron chi connectivity index (χ3n) is 4.22. The van der Waals surface area contributed by atoms with Crippen LogP contribution >= 0.6 is 15.9 Å². The number of unbranched alkanes of at least 4 members (excludes halogenated alkanes) is 3. The van der Waals surface area contributed by atoms with Gasteiger partial charge in [-0.25, -0.2) is 0 Å². The lowest BCUT2D eigenvalue weighted by Gasteiger charge is -2.14. The first kappa shape index (κ1) is 19.1. The van der Waals surface area contributed by atoms with Gasteiger partial charge in [-0.15, -0.1) is 0 Å². The fraction of sp³-hybridized carbons (Fsp3) is 0.524. The predicted molar refractivity (Wildman–Crippen MR) is 107 cm³/mol. The number of aryl methyl sites for hydroxylation is 1. The molecule has 0 atom stereocenters. The van der Waals surface area contributed by atoms with E-state index >= 15 is 0 Å². The summed E-state index contributed by atoms with van der Waals surface area (Å²) < 4.78 is 11.9. The summed E-state index contributed by atoms with van der Waals surface area (Å²) in [6.07, 6.45) is 6.92. The van der Waals surface area contributed by atoms with Crippen molar-refractivity contribution in [2.24, 2.45) is 0 Å². The Hall–Kier alpha value is -1.22. The van der Waals surface area contributed by atoms with Gasteiger partial charge in [-0.1, -0.05) is 61.2 Å². The molecule has 0 fully saturated rings. The molecule has 2 nitrogen and oxygen atoms in total. The normalized spacial score (nSPS) is 11.0. The standard InChI is InChI=1S/C21H29BrO2/c1-3-5-6-7-14-23-18-10-11-20-17(16-18)9-12-21(19(20)4-2)24-15-8-13-22/h9-12,16H,3-8,13-15H2,1-2H3. The summed E-state index contributed by atoms with van der Waals surface area (Å²) in [6.45, 7) is 5.97. The molecule has 2 rings (SSSR count). The first-order valence-electron chi connectivity index (χ1n) is 9.17. The second-order valence-electron chi connectivity index (χ2n) is 6.08. The third-order valence-corrected chi connectivity index (χ3v) is 4.78. The Bertz CT molecular complexity index is 625. The molecule has 2 aromatic rings. The molecule has 0 bridgehead atoms. The lowest BCUT2D eigenvalue weighted by Crippen LogP contribution is -2.01. The van der Waals surface area contributed by atoms with Gasteiger partial charge < -0.3 is 9.47 Å².